The number of ether oxygens (including phenoxy) is 1. The minimum atomic E-state index is -0.0921. The van der Waals surface area contributed by atoms with Crippen LogP contribution in [0.4, 0.5) is 0 Å². The number of carbonyl (C=O) groups is 1. The van der Waals surface area contributed by atoms with E-state index in [2.05, 4.69) is 18.2 Å². The molecule has 0 spiro atoms. The second-order valence-corrected chi connectivity index (χ2v) is 5.83. The number of hydrogen-bond donors (Lipinski definition) is 0. The van der Waals surface area contributed by atoms with Crippen LogP contribution in [0.25, 0.3) is 0 Å². The monoisotopic (exact) mass is 264 g/mol. The fourth-order valence-corrected chi connectivity index (χ4v) is 3.34. The third-order valence-electron chi connectivity index (χ3n) is 3.27. The van der Waals surface area contributed by atoms with Crippen LogP contribution in [0, 0.1) is 0 Å². The molecule has 98 valence electrons. The summed E-state index contributed by atoms with van der Waals surface area (Å²) in [6.45, 7) is 4.34. The van der Waals surface area contributed by atoms with Crippen LogP contribution in [0.5, 0.6) is 0 Å². The Morgan fingerprint density at radius 2 is 2.11 bits per heavy atom. The SMILES string of the molecule is CCOC(=O)C(CC)Sc1ccc2c(c1)CCC2. The van der Waals surface area contributed by atoms with Crippen molar-refractivity contribution in [2.45, 2.75) is 49.7 Å². The van der Waals surface area contributed by atoms with Gasteiger partial charge >= 0.3 is 5.97 Å². The average molecular weight is 264 g/mol. The number of aryl methyl sites for hydroxylation is 2. The Bertz CT molecular complexity index is 429. The van der Waals surface area contributed by atoms with Crippen LogP contribution in [-0.2, 0) is 22.4 Å². The van der Waals surface area contributed by atoms with E-state index in [1.54, 1.807) is 11.8 Å². The van der Waals surface area contributed by atoms with Crippen molar-refractivity contribution in [2.75, 3.05) is 6.61 Å². The molecular weight excluding hydrogens is 244 g/mol. The Morgan fingerprint density at radius 1 is 1.33 bits per heavy atom. The number of fused-ring (bicyclic) bond motifs is 1. The summed E-state index contributed by atoms with van der Waals surface area (Å²) in [6.07, 6.45) is 4.45. The van der Waals surface area contributed by atoms with Gasteiger partial charge in [-0.25, -0.2) is 0 Å². The Morgan fingerprint density at radius 3 is 2.83 bits per heavy atom. The molecule has 1 atom stereocenters. The Labute approximate surface area is 113 Å². The third kappa shape index (κ3) is 3.08. The second kappa shape index (κ2) is 6.28. The first-order chi connectivity index (χ1) is 8.74. The predicted octanol–water partition coefficient (Wildman–Crippen LogP) is 3.61. The Kier molecular flexibility index (Phi) is 4.70. The zero-order chi connectivity index (χ0) is 13.0. The van der Waals surface area contributed by atoms with Crippen LogP contribution in [0.2, 0.25) is 0 Å². The fraction of sp³-hybridized carbons (Fsp3) is 0.533. The lowest BCUT2D eigenvalue weighted by atomic mass is 10.1. The van der Waals surface area contributed by atoms with Crippen LogP contribution in [0.3, 0.4) is 0 Å². The maximum absolute atomic E-state index is 11.8. The molecule has 2 rings (SSSR count). The normalized spacial score (nSPS) is 15.2. The highest BCUT2D eigenvalue weighted by Gasteiger charge is 2.20. The number of benzene rings is 1. The van der Waals surface area contributed by atoms with E-state index in [4.69, 9.17) is 4.74 Å². The molecule has 1 unspecified atom stereocenters. The minimum Gasteiger partial charge on any atom is -0.465 e. The van der Waals surface area contributed by atoms with E-state index in [9.17, 15) is 4.79 Å². The predicted molar refractivity (Wildman–Crippen MR) is 75.0 cm³/mol. The number of carbonyl (C=O) groups excluding carboxylic acids is 1. The number of rotatable bonds is 5. The van der Waals surface area contributed by atoms with Crippen LogP contribution < -0.4 is 0 Å². The molecule has 0 N–H and O–H groups in total. The maximum atomic E-state index is 11.8. The highest BCUT2D eigenvalue weighted by atomic mass is 32.2. The molecule has 1 aromatic carbocycles. The number of esters is 1. The first kappa shape index (κ1) is 13.5. The Balaban J connectivity index is 2.05. The van der Waals surface area contributed by atoms with Crippen molar-refractivity contribution < 1.29 is 9.53 Å². The summed E-state index contributed by atoms with van der Waals surface area (Å²) < 4.78 is 5.10. The molecule has 1 aliphatic rings. The van der Waals surface area contributed by atoms with E-state index in [-0.39, 0.29) is 11.2 Å². The molecule has 3 heteroatoms. The maximum Gasteiger partial charge on any atom is 0.319 e. The van der Waals surface area contributed by atoms with Gasteiger partial charge in [-0.15, -0.1) is 11.8 Å². The molecule has 0 amide bonds. The van der Waals surface area contributed by atoms with E-state index in [0.717, 1.165) is 6.42 Å². The second-order valence-electron chi connectivity index (χ2n) is 4.55. The van der Waals surface area contributed by atoms with Gasteiger partial charge in [0.25, 0.3) is 0 Å². The molecule has 0 bridgehead atoms. The average Bonchev–Trinajstić information content (AvgIpc) is 2.83. The molecule has 18 heavy (non-hydrogen) atoms. The quantitative estimate of drug-likeness (QED) is 0.600. The van der Waals surface area contributed by atoms with Crippen molar-refractivity contribution >= 4 is 17.7 Å². The lowest BCUT2D eigenvalue weighted by Crippen LogP contribution is -2.19. The highest BCUT2D eigenvalue weighted by Crippen LogP contribution is 2.31. The van der Waals surface area contributed by atoms with E-state index in [0.29, 0.717) is 6.61 Å². The molecule has 0 heterocycles. The summed E-state index contributed by atoms with van der Waals surface area (Å²) in [5.74, 6) is -0.0921. The molecular formula is C15H20O2S. The van der Waals surface area contributed by atoms with E-state index in [1.165, 1.54) is 35.3 Å². The van der Waals surface area contributed by atoms with Crippen LogP contribution in [-0.4, -0.2) is 17.8 Å². The molecule has 1 aromatic rings. The van der Waals surface area contributed by atoms with Crippen molar-refractivity contribution in [3.8, 4) is 0 Å². The molecule has 0 saturated carbocycles. The van der Waals surface area contributed by atoms with Crippen molar-refractivity contribution in [2.24, 2.45) is 0 Å². The van der Waals surface area contributed by atoms with Gasteiger partial charge in [-0.3, -0.25) is 4.79 Å². The first-order valence-electron chi connectivity index (χ1n) is 6.69. The molecule has 0 aliphatic heterocycles. The van der Waals surface area contributed by atoms with E-state index in [1.807, 2.05) is 13.8 Å². The number of thioether (sulfide) groups is 1. The van der Waals surface area contributed by atoms with Gasteiger partial charge in [0.05, 0.1) is 6.61 Å². The molecule has 0 fully saturated rings. The molecule has 0 radical (unpaired) electrons. The molecule has 1 aliphatic carbocycles. The summed E-state index contributed by atoms with van der Waals surface area (Å²) in [5.41, 5.74) is 2.93. The van der Waals surface area contributed by atoms with Crippen molar-refractivity contribution in [1.82, 2.24) is 0 Å². The van der Waals surface area contributed by atoms with E-state index < -0.39 is 0 Å². The van der Waals surface area contributed by atoms with Gasteiger partial charge in [-0.1, -0.05) is 13.0 Å². The topological polar surface area (TPSA) is 26.3 Å². The largest absolute Gasteiger partial charge is 0.465 e. The van der Waals surface area contributed by atoms with E-state index >= 15 is 0 Å². The zero-order valence-corrected chi connectivity index (χ0v) is 11.9. The van der Waals surface area contributed by atoms with Gasteiger partial charge in [-0.2, -0.15) is 0 Å². The van der Waals surface area contributed by atoms with Crippen LogP contribution in [0.1, 0.15) is 37.8 Å². The van der Waals surface area contributed by atoms with Crippen LogP contribution in [0.15, 0.2) is 23.1 Å². The van der Waals surface area contributed by atoms with Crippen molar-refractivity contribution in [3.63, 3.8) is 0 Å². The minimum absolute atomic E-state index is 0.0793. The standard InChI is InChI=1S/C15H20O2S/c1-3-14(15(16)17-4-2)18-13-9-8-11-6-5-7-12(11)10-13/h8-10,14H,3-7H2,1-2H3. The smallest absolute Gasteiger partial charge is 0.319 e. The first-order valence-corrected chi connectivity index (χ1v) is 7.57. The lowest BCUT2D eigenvalue weighted by molar-refractivity contribution is -0.142. The van der Waals surface area contributed by atoms with Crippen molar-refractivity contribution in [3.05, 3.63) is 29.3 Å². The van der Waals surface area contributed by atoms with Gasteiger partial charge in [-0.05, 0) is 55.9 Å². The van der Waals surface area contributed by atoms with Crippen molar-refractivity contribution in [1.29, 1.82) is 0 Å². The molecule has 0 saturated heterocycles. The fourth-order valence-electron chi connectivity index (χ4n) is 2.32. The lowest BCUT2D eigenvalue weighted by Gasteiger charge is -2.13. The highest BCUT2D eigenvalue weighted by molar-refractivity contribution is 8.00. The van der Waals surface area contributed by atoms with Gasteiger partial charge in [0.2, 0.25) is 0 Å². The summed E-state index contributed by atoms with van der Waals surface area (Å²) in [6, 6.07) is 6.59. The summed E-state index contributed by atoms with van der Waals surface area (Å²) in [5, 5.41) is -0.0793. The molecule has 2 nitrogen and oxygen atoms in total. The molecule has 0 aromatic heterocycles. The summed E-state index contributed by atoms with van der Waals surface area (Å²) >= 11 is 1.63. The summed E-state index contributed by atoms with van der Waals surface area (Å²) in [4.78, 5) is 13.0. The Hall–Kier alpha value is -0.960. The van der Waals surface area contributed by atoms with Gasteiger partial charge < -0.3 is 4.74 Å². The van der Waals surface area contributed by atoms with Gasteiger partial charge in [0, 0.05) is 4.90 Å². The summed E-state index contributed by atoms with van der Waals surface area (Å²) in [7, 11) is 0. The van der Waals surface area contributed by atoms with Crippen LogP contribution >= 0.6 is 11.8 Å². The van der Waals surface area contributed by atoms with Gasteiger partial charge in [0.15, 0.2) is 0 Å². The zero-order valence-electron chi connectivity index (χ0n) is 11.1. The number of hydrogen-bond acceptors (Lipinski definition) is 3. The third-order valence-corrected chi connectivity index (χ3v) is 4.60. The van der Waals surface area contributed by atoms with Gasteiger partial charge in [0.1, 0.15) is 5.25 Å².